The van der Waals surface area contributed by atoms with Gasteiger partial charge in [-0.1, -0.05) is 0 Å². The van der Waals surface area contributed by atoms with Crippen molar-refractivity contribution in [2.24, 2.45) is 5.73 Å². The van der Waals surface area contributed by atoms with Crippen LogP contribution in [0.3, 0.4) is 0 Å². The van der Waals surface area contributed by atoms with Crippen molar-refractivity contribution >= 4 is 0 Å². The van der Waals surface area contributed by atoms with Crippen molar-refractivity contribution in [3.05, 3.63) is 17.3 Å². The maximum atomic E-state index is 5.76. The number of hydrogen-bond donors (Lipinski definition) is 1. The Labute approximate surface area is 96.2 Å². The molecule has 0 aliphatic carbocycles. The third kappa shape index (κ3) is 2.62. The first kappa shape index (κ1) is 11.6. The van der Waals surface area contributed by atoms with Crippen LogP contribution in [0.1, 0.15) is 49.1 Å². The van der Waals surface area contributed by atoms with Gasteiger partial charge in [0.2, 0.25) is 5.89 Å². The van der Waals surface area contributed by atoms with Crippen molar-refractivity contribution in [3.8, 4) is 0 Å². The molecule has 1 saturated heterocycles. The standard InChI is InChI=1S/C12H20N2O2/c1-9-10(6-4-7-13)16-12(14-9)11-5-2-3-8-15-11/h11H,2-8,13H2,1H3. The summed E-state index contributed by atoms with van der Waals surface area (Å²) >= 11 is 0. The minimum absolute atomic E-state index is 0.0686. The number of rotatable bonds is 4. The highest BCUT2D eigenvalue weighted by Crippen LogP contribution is 2.28. The summed E-state index contributed by atoms with van der Waals surface area (Å²) in [6, 6.07) is 0. The van der Waals surface area contributed by atoms with Crippen molar-refractivity contribution in [1.82, 2.24) is 4.98 Å². The fourth-order valence-corrected chi connectivity index (χ4v) is 2.02. The molecule has 1 fully saturated rings. The second-order valence-electron chi connectivity index (χ2n) is 4.31. The van der Waals surface area contributed by atoms with Gasteiger partial charge in [0.15, 0.2) is 0 Å². The molecule has 1 unspecified atom stereocenters. The van der Waals surface area contributed by atoms with E-state index in [0.717, 1.165) is 49.6 Å². The zero-order chi connectivity index (χ0) is 11.4. The number of aryl methyl sites for hydroxylation is 2. The Balaban J connectivity index is 2.03. The van der Waals surface area contributed by atoms with E-state index < -0.39 is 0 Å². The van der Waals surface area contributed by atoms with Gasteiger partial charge in [-0.15, -0.1) is 0 Å². The highest BCUT2D eigenvalue weighted by molar-refractivity contribution is 5.09. The molecule has 1 aliphatic heterocycles. The average Bonchev–Trinajstić information content (AvgIpc) is 2.69. The van der Waals surface area contributed by atoms with Crippen molar-refractivity contribution in [2.45, 2.75) is 45.1 Å². The fraction of sp³-hybridized carbons (Fsp3) is 0.750. The van der Waals surface area contributed by atoms with Gasteiger partial charge >= 0.3 is 0 Å². The third-order valence-electron chi connectivity index (χ3n) is 2.97. The number of ether oxygens (including phenoxy) is 1. The Morgan fingerprint density at radius 3 is 3.00 bits per heavy atom. The SMILES string of the molecule is Cc1nc(C2CCCCO2)oc1CCCN. The zero-order valence-electron chi connectivity index (χ0n) is 9.87. The lowest BCUT2D eigenvalue weighted by molar-refractivity contribution is -0.00205. The van der Waals surface area contributed by atoms with Crippen LogP contribution in [0.25, 0.3) is 0 Å². The van der Waals surface area contributed by atoms with Gasteiger partial charge in [-0.3, -0.25) is 0 Å². The van der Waals surface area contributed by atoms with Crippen LogP contribution in [0, 0.1) is 6.92 Å². The summed E-state index contributed by atoms with van der Waals surface area (Å²) in [5, 5.41) is 0. The van der Waals surface area contributed by atoms with Crippen molar-refractivity contribution in [2.75, 3.05) is 13.2 Å². The molecule has 4 nitrogen and oxygen atoms in total. The maximum Gasteiger partial charge on any atom is 0.223 e. The number of hydrogen-bond acceptors (Lipinski definition) is 4. The molecule has 0 amide bonds. The molecular formula is C12H20N2O2. The largest absolute Gasteiger partial charge is 0.443 e. The van der Waals surface area contributed by atoms with E-state index in [1.807, 2.05) is 6.92 Å². The molecule has 16 heavy (non-hydrogen) atoms. The number of aromatic nitrogens is 1. The third-order valence-corrected chi connectivity index (χ3v) is 2.97. The molecule has 2 rings (SSSR count). The quantitative estimate of drug-likeness (QED) is 0.851. The molecule has 2 N–H and O–H groups in total. The van der Waals surface area contributed by atoms with E-state index in [2.05, 4.69) is 4.98 Å². The van der Waals surface area contributed by atoms with Gasteiger partial charge in [0.05, 0.1) is 5.69 Å². The van der Waals surface area contributed by atoms with E-state index in [1.165, 1.54) is 6.42 Å². The number of oxazole rings is 1. The predicted molar refractivity (Wildman–Crippen MR) is 61.2 cm³/mol. The zero-order valence-corrected chi connectivity index (χ0v) is 9.87. The Morgan fingerprint density at radius 2 is 2.31 bits per heavy atom. The van der Waals surface area contributed by atoms with Crippen LogP contribution >= 0.6 is 0 Å². The topological polar surface area (TPSA) is 61.3 Å². The van der Waals surface area contributed by atoms with Crippen molar-refractivity contribution in [3.63, 3.8) is 0 Å². The van der Waals surface area contributed by atoms with Crippen LogP contribution in [-0.2, 0) is 11.2 Å². The lowest BCUT2D eigenvalue weighted by Gasteiger charge is -2.19. The van der Waals surface area contributed by atoms with E-state index in [-0.39, 0.29) is 6.10 Å². The van der Waals surface area contributed by atoms with Gasteiger partial charge < -0.3 is 14.9 Å². The summed E-state index contributed by atoms with van der Waals surface area (Å²) in [6.07, 6.45) is 5.26. The van der Waals surface area contributed by atoms with Gasteiger partial charge in [0.25, 0.3) is 0 Å². The van der Waals surface area contributed by atoms with Crippen LogP contribution < -0.4 is 5.73 Å². The first-order valence-corrected chi connectivity index (χ1v) is 6.09. The van der Waals surface area contributed by atoms with E-state index in [1.54, 1.807) is 0 Å². The summed E-state index contributed by atoms with van der Waals surface area (Å²) in [4.78, 5) is 4.45. The van der Waals surface area contributed by atoms with Crippen LogP contribution in [0.15, 0.2) is 4.42 Å². The Bertz CT molecular complexity index is 330. The van der Waals surface area contributed by atoms with Gasteiger partial charge in [-0.2, -0.15) is 0 Å². The fourth-order valence-electron chi connectivity index (χ4n) is 2.02. The Morgan fingerprint density at radius 1 is 1.44 bits per heavy atom. The highest BCUT2D eigenvalue weighted by atomic mass is 16.5. The van der Waals surface area contributed by atoms with Gasteiger partial charge in [0, 0.05) is 13.0 Å². The summed E-state index contributed by atoms with van der Waals surface area (Å²) in [5.41, 5.74) is 6.47. The molecule has 0 radical (unpaired) electrons. The molecule has 2 heterocycles. The predicted octanol–water partition coefficient (Wildman–Crippen LogP) is 2.12. The summed E-state index contributed by atoms with van der Waals surface area (Å²) in [7, 11) is 0. The van der Waals surface area contributed by atoms with E-state index in [9.17, 15) is 0 Å². The van der Waals surface area contributed by atoms with Crippen LogP contribution in [-0.4, -0.2) is 18.1 Å². The van der Waals surface area contributed by atoms with Gasteiger partial charge in [-0.05, 0) is 39.2 Å². The first-order chi connectivity index (χ1) is 7.81. The van der Waals surface area contributed by atoms with Gasteiger partial charge in [-0.25, -0.2) is 4.98 Å². The molecule has 1 aromatic heterocycles. The van der Waals surface area contributed by atoms with E-state index >= 15 is 0 Å². The van der Waals surface area contributed by atoms with Gasteiger partial charge in [0.1, 0.15) is 11.9 Å². The highest BCUT2D eigenvalue weighted by Gasteiger charge is 2.22. The normalized spacial score (nSPS) is 21.2. The Kier molecular flexibility index (Phi) is 3.96. The average molecular weight is 224 g/mol. The number of nitrogens with two attached hydrogens (primary N) is 1. The van der Waals surface area contributed by atoms with E-state index in [0.29, 0.717) is 6.54 Å². The summed E-state index contributed by atoms with van der Waals surface area (Å²) in [6.45, 7) is 3.50. The summed E-state index contributed by atoms with van der Waals surface area (Å²) < 4.78 is 11.4. The summed E-state index contributed by atoms with van der Waals surface area (Å²) in [5.74, 6) is 1.72. The molecule has 0 spiro atoms. The molecule has 1 atom stereocenters. The molecule has 0 aromatic carbocycles. The molecule has 1 aliphatic rings. The van der Waals surface area contributed by atoms with Crippen LogP contribution in [0.2, 0.25) is 0 Å². The monoisotopic (exact) mass is 224 g/mol. The van der Waals surface area contributed by atoms with Crippen LogP contribution in [0.4, 0.5) is 0 Å². The minimum Gasteiger partial charge on any atom is -0.443 e. The lowest BCUT2D eigenvalue weighted by Crippen LogP contribution is -2.11. The second kappa shape index (κ2) is 5.46. The van der Waals surface area contributed by atoms with E-state index in [4.69, 9.17) is 14.9 Å². The smallest absolute Gasteiger partial charge is 0.223 e. The van der Waals surface area contributed by atoms with Crippen LogP contribution in [0.5, 0.6) is 0 Å². The lowest BCUT2D eigenvalue weighted by atomic mass is 10.1. The molecule has 90 valence electrons. The maximum absolute atomic E-state index is 5.76. The molecule has 0 bridgehead atoms. The molecule has 1 aromatic rings. The molecule has 4 heteroatoms. The second-order valence-corrected chi connectivity index (χ2v) is 4.31. The molecular weight excluding hydrogens is 204 g/mol. The Hall–Kier alpha value is -0.870. The number of nitrogens with zero attached hydrogens (tertiary/aromatic N) is 1. The first-order valence-electron chi connectivity index (χ1n) is 6.09. The van der Waals surface area contributed by atoms with Crippen molar-refractivity contribution < 1.29 is 9.15 Å². The minimum atomic E-state index is 0.0686. The van der Waals surface area contributed by atoms with Crippen molar-refractivity contribution in [1.29, 1.82) is 0 Å². The molecule has 0 saturated carbocycles.